The Morgan fingerprint density at radius 1 is 1.11 bits per heavy atom. The first kappa shape index (κ1) is 13.3. The third-order valence-corrected chi connectivity index (χ3v) is 3.02. The largest absolute Gasteiger partial charge is 0.497 e. The number of aryl methyl sites for hydroxylation is 1. The fourth-order valence-electron chi connectivity index (χ4n) is 1.91. The third-order valence-electron chi connectivity index (χ3n) is 3.02. The smallest absolute Gasteiger partial charge is 0.124 e. The van der Waals surface area contributed by atoms with Gasteiger partial charge >= 0.3 is 0 Å². The molecule has 1 aromatic carbocycles. The molecule has 4 nitrogen and oxygen atoms in total. The summed E-state index contributed by atoms with van der Waals surface area (Å²) in [6, 6.07) is 7.89. The van der Waals surface area contributed by atoms with E-state index >= 15 is 0 Å². The average Bonchev–Trinajstić information content (AvgIpc) is 2.92. The predicted molar refractivity (Wildman–Crippen MR) is 77.0 cm³/mol. The highest BCUT2D eigenvalue weighted by molar-refractivity contribution is 5.53. The second-order valence-corrected chi connectivity index (χ2v) is 4.31. The first-order valence-electron chi connectivity index (χ1n) is 6.36. The summed E-state index contributed by atoms with van der Waals surface area (Å²) in [7, 11) is 3.31. The van der Waals surface area contributed by atoms with Crippen molar-refractivity contribution in [2.45, 2.75) is 20.0 Å². The number of nitrogens with zero attached hydrogens (tertiary/aromatic N) is 1. The molecule has 0 aliphatic carbocycles. The molecule has 2 rings (SSSR count). The van der Waals surface area contributed by atoms with Gasteiger partial charge in [-0.1, -0.05) is 0 Å². The van der Waals surface area contributed by atoms with Crippen molar-refractivity contribution in [2.24, 2.45) is 0 Å². The number of hydrogen-bond acceptors (Lipinski definition) is 3. The lowest BCUT2D eigenvalue weighted by Gasteiger charge is -2.10. The molecule has 1 heterocycles. The van der Waals surface area contributed by atoms with Gasteiger partial charge in [-0.05, 0) is 18.6 Å². The van der Waals surface area contributed by atoms with Crippen LogP contribution in [-0.4, -0.2) is 18.8 Å². The topological polar surface area (TPSA) is 35.4 Å². The van der Waals surface area contributed by atoms with Gasteiger partial charge in [-0.2, -0.15) is 0 Å². The Morgan fingerprint density at radius 3 is 2.32 bits per heavy atom. The zero-order valence-electron chi connectivity index (χ0n) is 11.6. The maximum absolute atomic E-state index is 5.25. The van der Waals surface area contributed by atoms with Gasteiger partial charge in [0.1, 0.15) is 11.5 Å². The lowest BCUT2D eigenvalue weighted by molar-refractivity contribution is 0.394. The van der Waals surface area contributed by atoms with Crippen LogP contribution in [-0.2, 0) is 13.1 Å². The van der Waals surface area contributed by atoms with Gasteiger partial charge in [0, 0.05) is 49.4 Å². The van der Waals surface area contributed by atoms with Crippen molar-refractivity contribution in [1.29, 1.82) is 0 Å². The molecule has 0 saturated heterocycles. The van der Waals surface area contributed by atoms with Gasteiger partial charge in [0.15, 0.2) is 0 Å². The fourth-order valence-corrected chi connectivity index (χ4v) is 1.91. The molecule has 0 fully saturated rings. The molecule has 4 heteroatoms. The van der Waals surface area contributed by atoms with Crippen molar-refractivity contribution in [2.75, 3.05) is 19.5 Å². The van der Waals surface area contributed by atoms with E-state index in [4.69, 9.17) is 9.47 Å². The SMILES string of the molecule is CCn1ccc(CNc2cc(OC)cc(OC)c2)c1. The van der Waals surface area contributed by atoms with Gasteiger partial charge in [-0.15, -0.1) is 0 Å². The molecule has 0 radical (unpaired) electrons. The Labute approximate surface area is 114 Å². The maximum atomic E-state index is 5.25. The number of anilines is 1. The lowest BCUT2D eigenvalue weighted by atomic mass is 10.2. The number of hydrogen-bond donors (Lipinski definition) is 1. The summed E-state index contributed by atoms with van der Waals surface area (Å²) < 4.78 is 12.6. The second-order valence-electron chi connectivity index (χ2n) is 4.31. The lowest BCUT2D eigenvalue weighted by Crippen LogP contribution is -1.99. The number of benzene rings is 1. The molecular weight excluding hydrogens is 240 g/mol. The Balaban J connectivity index is 2.05. The van der Waals surface area contributed by atoms with Crippen LogP contribution in [0, 0.1) is 0 Å². The number of rotatable bonds is 6. The van der Waals surface area contributed by atoms with Crippen molar-refractivity contribution < 1.29 is 9.47 Å². The second kappa shape index (κ2) is 6.18. The van der Waals surface area contributed by atoms with Crippen molar-refractivity contribution in [3.05, 3.63) is 42.2 Å². The van der Waals surface area contributed by atoms with Gasteiger partial charge in [0.05, 0.1) is 14.2 Å². The first-order chi connectivity index (χ1) is 9.25. The molecule has 0 amide bonds. The van der Waals surface area contributed by atoms with Crippen LogP contribution in [0.15, 0.2) is 36.7 Å². The van der Waals surface area contributed by atoms with Gasteiger partial charge in [0.2, 0.25) is 0 Å². The summed E-state index contributed by atoms with van der Waals surface area (Å²) in [5.41, 5.74) is 2.24. The summed E-state index contributed by atoms with van der Waals surface area (Å²) in [5.74, 6) is 1.57. The normalized spacial score (nSPS) is 10.3. The predicted octanol–water partition coefficient (Wildman–Crippen LogP) is 3.14. The fraction of sp³-hybridized carbons (Fsp3) is 0.333. The molecule has 19 heavy (non-hydrogen) atoms. The summed E-state index contributed by atoms with van der Waals surface area (Å²) in [6.07, 6.45) is 4.23. The van der Waals surface area contributed by atoms with Crippen molar-refractivity contribution >= 4 is 5.69 Å². The van der Waals surface area contributed by atoms with Crippen molar-refractivity contribution in [3.8, 4) is 11.5 Å². The van der Waals surface area contributed by atoms with Crippen LogP contribution in [0.2, 0.25) is 0 Å². The van der Waals surface area contributed by atoms with Crippen LogP contribution in [0.5, 0.6) is 11.5 Å². The average molecular weight is 260 g/mol. The zero-order valence-corrected chi connectivity index (χ0v) is 11.6. The molecular formula is C15H20N2O2. The minimum atomic E-state index is 0.781. The van der Waals surface area contributed by atoms with Crippen LogP contribution < -0.4 is 14.8 Å². The number of aromatic nitrogens is 1. The highest BCUT2D eigenvalue weighted by Crippen LogP contribution is 2.26. The van der Waals surface area contributed by atoms with Crippen molar-refractivity contribution in [3.63, 3.8) is 0 Å². The van der Waals surface area contributed by atoms with Crippen LogP contribution >= 0.6 is 0 Å². The summed E-state index contributed by atoms with van der Waals surface area (Å²) in [6.45, 7) is 3.90. The minimum Gasteiger partial charge on any atom is -0.497 e. The molecule has 0 aliphatic rings. The summed E-state index contributed by atoms with van der Waals surface area (Å²) >= 11 is 0. The molecule has 1 N–H and O–H groups in total. The minimum absolute atomic E-state index is 0.781. The molecule has 0 bridgehead atoms. The molecule has 0 aliphatic heterocycles. The number of methoxy groups -OCH3 is 2. The van der Waals surface area contributed by atoms with E-state index in [1.165, 1.54) is 5.56 Å². The van der Waals surface area contributed by atoms with Crippen LogP contribution in [0.25, 0.3) is 0 Å². The molecule has 0 unspecified atom stereocenters. The molecule has 2 aromatic rings. The van der Waals surface area contributed by atoms with E-state index in [2.05, 4.69) is 35.3 Å². The molecule has 0 saturated carbocycles. The van der Waals surface area contributed by atoms with Gasteiger partial charge in [-0.25, -0.2) is 0 Å². The maximum Gasteiger partial charge on any atom is 0.124 e. The van der Waals surface area contributed by atoms with Crippen molar-refractivity contribution in [1.82, 2.24) is 4.57 Å². The number of ether oxygens (including phenoxy) is 2. The molecule has 1 aromatic heterocycles. The quantitative estimate of drug-likeness (QED) is 0.866. The third kappa shape index (κ3) is 3.44. The molecule has 0 spiro atoms. The van der Waals surface area contributed by atoms with Gasteiger partial charge in [-0.3, -0.25) is 0 Å². The Morgan fingerprint density at radius 2 is 1.79 bits per heavy atom. The first-order valence-corrected chi connectivity index (χ1v) is 6.36. The standard InChI is InChI=1S/C15H20N2O2/c1-4-17-6-5-12(11-17)10-16-13-7-14(18-2)9-15(8-13)19-3/h5-9,11,16H,4,10H2,1-3H3. The van der Waals surface area contributed by atoms with Crippen LogP contribution in [0.3, 0.4) is 0 Å². The van der Waals surface area contributed by atoms with E-state index in [0.717, 1.165) is 30.3 Å². The molecule has 0 atom stereocenters. The van der Waals surface area contributed by atoms with Crippen LogP contribution in [0.1, 0.15) is 12.5 Å². The highest BCUT2D eigenvalue weighted by atomic mass is 16.5. The Kier molecular flexibility index (Phi) is 4.34. The van der Waals surface area contributed by atoms with Crippen LogP contribution in [0.4, 0.5) is 5.69 Å². The van der Waals surface area contributed by atoms with Gasteiger partial charge in [0.25, 0.3) is 0 Å². The summed E-state index contributed by atoms with van der Waals surface area (Å²) in [5, 5.41) is 3.37. The molecule has 102 valence electrons. The van der Waals surface area contributed by atoms with E-state index in [0.29, 0.717) is 0 Å². The number of nitrogens with one attached hydrogen (secondary N) is 1. The monoisotopic (exact) mass is 260 g/mol. The Bertz CT molecular complexity index is 512. The van der Waals surface area contributed by atoms with Gasteiger partial charge < -0.3 is 19.4 Å². The Hall–Kier alpha value is -2.10. The van der Waals surface area contributed by atoms with E-state index in [1.54, 1.807) is 14.2 Å². The summed E-state index contributed by atoms with van der Waals surface area (Å²) in [4.78, 5) is 0. The van der Waals surface area contributed by atoms with E-state index < -0.39 is 0 Å². The zero-order chi connectivity index (χ0) is 13.7. The highest BCUT2D eigenvalue weighted by Gasteiger charge is 2.02. The van der Waals surface area contributed by atoms with E-state index in [9.17, 15) is 0 Å². The van der Waals surface area contributed by atoms with E-state index in [-0.39, 0.29) is 0 Å². The van der Waals surface area contributed by atoms with E-state index in [1.807, 2.05) is 18.2 Å².